The van der Waals surface area contributed by atoms with Gasteiger partial charge in [0.1, 0.15) is 5.75 Å². The fourth-order valence-corrected chi connectivity index (χ4v) is 1.43. The van der Waals surface area contributed by atoms with Gasteiger partial charge in [0.05, 0.1) is 0 Å². The third kappa shape index (κ3) is 3.10. The van der Waals surface area contributed by atoms with E-state index in [9.17, 15) is 0 Å². The van der Waals surface area contributed by atoms with Crippen LogP contribution in [0.1, 0.15) is 25.0 Å². The van der Waals surface area contributed by atoms with Gasteiger partial charge in [0.15, 0.2) is 6.29 Å². The number of rotatable bonds is 5. The molecule has 2 heteroatoms. The molecule has 0 N–H and O–H groups in total. The Hall–Kier alpha value is -1.28. The Morgan fingerprint density at radius 3 is 2.80 bits per heavy atom. The summed E-state index contributed by atoms with van der Waals surface area (Å²) in [4.78, 5) is 0. The van der Waals surface area contributed by atoms with Crippen LogP contribution in [-0.2, 0) is 4.74 Å². The van der Waals surface area contributed by atoms with Crippen LogP contribution in [0.3, 0.4) is 0 Å². The fraction of sp³-hybridized carbons (Fsp3) is 0.385. The van der Waals surface area contributed by atoms with Crippen LogP contribution in [0.15, 0.2) is 24.8 Å². The Morgan fingerprint density at radius 1 is 1.47 bits per heavy atom. The van der Waals surface area contributed by atoms with Crippen LogP contribution in [0.4, 0.5) is 0 Å². The molecule has 0 aliphatic rings. The van der Waals surface area contributed by atoms with Crippen LogP contribution in [0, 0.1) is 6.92 Å². The molecule has 0 heterocycles. The molecule has 0 aliphatic heterocycles. The second-order valence-corrected chi connectivity index (χ2v) is 3.32. The molecule has 0 saturated carbocycles. The van der Waals surface area contributed by atoms with Gasteiger partial charge in [-0.3, -0.25) is 0 Å². The lowest BCUT2D eigenvalue weighted by Crippen LogP contribution is -2.16. The molecule has 1 aromatic rings. The monoisotopic (exact) mass is 206 g/mol. The third-order valence-corrected chi connectivity index (χ3v) is 2.24. The summed E-state index contributed by atoms with van der Waals surface area (Å²) in [5, 5.41) is 0. The van der Waals surface area contributed by atoms with Crippen LogP contribution in [-0.4, -0.2) is 12.9 Å². The van der Waals surface area contributed by atoms with Gasteiger partial charge in [0, 0.05) is 6.61 Å². The first kappa shape index (κ1) is 11.8. The molecule has 0 bridgehead atoms. The van der Waals surface area contributed by atoms with E-state index < -0.39 is 0 Å². The average molecular weight is 206 g/mol. The molecular weight excluding hydrogens is 188 g/mol. The van der Waals surface area contributed by atoms with Gasteiger partial charge >= 0.3 is 0 Å². The van der Waals surface area contributed by atoms with Gasteiger partial charge in [-0.1, -0.05) is 24.8 Å². The van der Waals surface area contributed by atoms with E-state index in [0.29, 0.717) is 6.61 Å². The van der Waals surface area contributed by atoms with Crippen molar-refractivity contribution >= 4 is 6.08 Å². The van der Waals surface area contributed by atoms with Crippen LogP contribution in [0.5, 0.6) is 5.75 Å². The van der Waals surface area contributed by atoms with Crippen molar-refractivity contribution in [2.45, 2.75) is 27.1 Å². The van der Waals surface area contributed by atoms with Gasteiger partial charge in [-0.25, -0.2) is 0 Å². The molecule has 0 saturated heterocycles. The van der Waals surface area contributed by atoms with Crippen molar-refractivity contribution in [2.24, 2.45) is 0 Å². The first-order valence-corrected chi connectivity index (χ1v) is 5.19. The van der Waals surface area contributed by atoms with Gasteiger partial charge in [0.25, 0.3) is 0 Å². The second-order valence-electron chi connectivity index (χ2n) is 3.32. The van der Waals surface area contributed by atoms with Crippen molar-refractivity contribution in [3.63, 3.8) is 0 Å². The molecule has 0 spiro atoms. The Balaban J connectivity index is 2.81. The average Bonchev–Trinajstić information content (AvgIpc) is 2.21. The van der Waals surface area contributed by atoms with Crippen LogP contribution >= 0.6 is 0 Å². The summed E-state index contributed by atoms with van der Waals surface area (Å²) in [7, 11) is 0. The maximum Gasteiger partial charge on any atom is 0.196 e. The zero-order valence-electron chi connectivity index (χ0n) is 9.62. The van der Waals surface area contributed by atoms with E-state index >= 15 is 0 Å². The third-order valence-electron chi connectivity index (χ3n) is 2.24. The summed E-state index contributed by atoms with van der Waals surface area (Å²) < 4.78 is 11.0. The van der Waals surface area contributed by atoms with E-state index in [1.54, 1.807) is 0 Å². The molecule has 1 aromatic carbocycles. The second kappa shape index (κ2) is 5.56. The molecule has 1 unspecified atom stereocenters. The van der Waals surface area contributed by atoms with E-state index in [1.807, 2.05) is 45.0 Å². The molecule has 1 rings (SSSR count). The molecule has 0 radical (unpaired) electrons. The standard InChI is InChI=1S/C13H18O2/c1-5-12-8-7-9-13(10(12)3)15-11(4)14-6-2/h5,7-9,11H,1,6H2,2-4H3. The predicted octanol–water partition coefficient (Wildman–Crippen LogP) is 3.40. The minimum atomic E-state index is -0.214. The highest BCUT2D eigenvalue weighted by molar-refractivity contribution is 5.55. The minimum absolute atomic E-state index is 0.214. The topological polar surface area (TPSA) is 18.5 Å². The molecule has 15 heavy (non-hydrogen) atoms. The van der Waals surface area contributed by atoms with Crippen LogP contribution < -0.4 is 4.74 Å². The fourth-order valence-electron chi connectivity index (χ4n) is 1.43. The van der Waals surface area contributed by atoms with Crippen molar-refractivity contribution in [1.29, 1.82) is 0 Å². The van der Waals surface area contributed by atoms with Crippen molar-refractivity contribution in [3.8, 4) is 5.75 Å². The van der Waals surface area contributed by atoms with E-state index in [-0.39, 0.29) is 6.29 Å². The van der Waals surface area contributed by atoms with Crippen molar-refractivity contribution < 1.29 is 9.47 Å². The van der Waals surface area contributed by atoms with Gasteiger partial charge in [-0.05, 0) is 38.0 Å². The smallest absolute Gasteiger partial charge is 0.196 e. The van der Waals surface area contributed by atoms with E-state index in [1.165, 1.54) is 0 Å². The molecule has 0 aliphatic carbocycles. The molecule has 0 aromatic heterocycles. The Bertz CT molecular complexity index is 331. The number of benzene rings is 1. The highest BCUT2D eigenvalue weighted by atomic mass is 16.7. The van der Waals surface area contributed by atoms with Gasteiger partial charge < -0.3 is 9.47 Å². The summed E-state index contributed by atoms with van der Waals surface area (Å²) in [6, 6.07) is 5.91. The summed E-state index contributed by atoms with van der Waals surface area (Å²) in [5.41, 5.74) is 2.19. The lowest BCUT2D eigenvalue weighted by atomic mass is 10.1. The first-order valence-electron chi connectivity index (χ1n) is 5.19. The van der Waals surface area contributed by atoms with E-state index in [4.69, 9.17) is 9.47 Å². The van der Waals surface area contributed by atoms with E-state index in [2.05, 4.69) is 6.58 Å². The Morgan fingerprint density at radius 2 is 2.20 bits per heavy atom. The molecule has 0 fully saturated rings. The lowest BCUT2D eigenvalue weighted by molar-refractivity contribution is -0.0616. The zero-order chi connectivity index (χ0) is 11.3. The Kier molecular flexibility index (Phi) is 4.37. The van der Waals surface area contributed by atoms with Gasteiger partial charge in [-0.15, -0.1) is 0 Å². The van der Waals surface area contributed by atoms with Gasteiger partial charge in [0.2, 0.25) is 0 Å². The summed E-state index contributed by atoms with van der Waals surface area (Å²) in [5.74, 6) is 0.855. The molecule has 2 nitrogen and oxygen atoms in total. The quantitative estimate of drug-likeness (QED) is 0.687. The summed E-state index contributed by atoms with van der Waals surface area (Å²) in [6.45, 7) is 10.3. The number of hydrogen-bond donors (Lipinski definition) is 0. The molecular formula is C13H18O2. The van der Waals surface area contributed by atoms with Gasteiger partial charge in [-0.2, -0.15) is 0 Å². The van der Waals surface area contributed by atoms with Crippen molar-refractivity contribution in [1.82, 2.24) is 0 Å². The van der Waals surface area contributed by atoms with Crippen LogP contribution in [0.25, 0.3) is 6.08 Å². The van der Waals surface area contributed by atoms with E-state index in [0.717, 1.165) is 16.9 Å². The molecule has 0 amide bonds. The predicted molar refractivity (Wildman–Crippen MR) is 63.0 cm³/mol. The largest absolute Gasteiger partial charge is 0.465 e. The van der Waals surface area contributed by atoms with Crippen molar-refractivity contribution in [2.75, 3.05) is 6.61 Å². The summed E-state index contributed by atoms with van der Waals surface area (Å²) in [6.07, 6.45) is 1.61. The highest BCUT2D eigenvalue weighted by Crippen LogP contribution is 2.23. The zero-order valence-corrected chi connectivity index (χ0v) is 9.62. The van der Waals surface area contributed by atoms with Crippen LogP contribution in [0.2, 0.25) is 0 Å². The molecule has 1 atom stereocenters. The first-order chi connectivity index (χ1) is 7.19. The lowest BCUT2D eigenvalue weighted by Gasteiger charge is -2.16. The SMILES string of the molecule is C=Cc1cccc(OC(C)OCC)c1C. The maximum atomic E-state index is 5.66. The summed E-state index contributed by atoms with van der Waals surface area (Å²) >= 11 is 0. The highest BCUT2D eigenvalue weighted by Gasteiger charge is 2.06. The number of ether oxygens (including phenoxy) is 2. The normalized spacial score (nSPS) is 12.2. The van der Waals surface area contributed by atoms with Crippen molar-refractivity contribution in [3.05, 3.63) is 35.9 Å². The molecule has 82 valence electrons. The number of hydrogen-bond acceptors (Lipinski definition) is 2. The Labute approximate surface area is 91.5 Å². The minimum Gasteiger partial charge on any atom is -0.465 e. The maximum absolute atomic E-state index is 5.66.